The van der Waals surface area contributed by atoms with Gasteiger partial charge in [0.05, 0.1) is 0 Å². The summed E-state index contributed by atoms with van der Waals surface area (Å²) in [5.41, 5.74) is 1.15. The fraction of sp³-hybridized carbons (Fsp3) is 0.850. The zero-order valence-corrected chi connectivity index (χ0v) is 20.2. The van der Waals surface area contributed by atoms with E-state index in [1.165, 1.54) is 51.4 Å². The molecule has 0 aromatic heterocycles. The first-order chi connectivity index (χ1) is 10.8. The fourth-order valence-corrected chi connectivity index (χ4v) is 3.26. The zero-order chi connectivity index (χ0) is 17.7. The van der Waals surface area contributed by atoms with Gasteiger partial charge in [0.2, 0.25) is 0 Å². The van der Waals surface area contributed by atoms with Crippen LogP contribution in [0.5, 0.6) is 0 Å². The van der Waals surface area contributed by atoms with Crippen LogP contribution in [0.3, 0.4) is 0 Å². The molecule has 0 spiro atoms. The molecule has 0 bridgehead atoms. The molecule has 0 unspecified atom stereocenters. The van der Waals surface area contributed by atoms with Crippen molar-refractivity contribution < 1.29 is 33.7 Å². The van der Waals surface area contributed by atoms with Crippen molar-refractivity contribution in [2.45, 2.75) is 92.4 Å². The summed E-state index contributed by atoms with van der Waals surface area (Å²) in [6.45, 7) is 11.4. The third kappa shape index (κ3) is 17.5. The molecule has 0 fully saturated rings. The summed E-state index contributed by atoms with van der Waals surface area (Å²) in [6.07, 6.45) is 13.4. The Bertz CT molecular complexity index is 343. The molecule has 0 aliphatic rings. The van der Waals surface area contributed by atoms with E-state index in [0.29, 0.717) is 0 Å². The Kier molecular flexibility index (Phi) is 19.2. The topological polar surface area (TPSA) is 26.3 Å². The molecule has 24 heavy (non-hydrogen) atoms. The standard InChI is InChI=1S/C20H38O2.Al.Cd.3H/c1-16(2)9-6-10-17(3)11-7-12-18(4)13-8-14-19(5)15-20(21)22;;;;;/h15-18H,6-14H2,1-5H3,(H,21,22);;;;;/q;;+1;;;/p-1/b19-15+;;;;;/t17-,18-;;;;;/m1...../s1. The Balaban J connectivity index is 0. The average molecular weight is 452 g/mol. The summed E-state index contributed by atoms with van der Waals surface area (Å²) in [5.74, 6) is 2.38. The van der Waals surface area contributed by atoms with E-state index in [1.807, 2.05) is 6.92 Å². The molecule has 0 aromatic rings. The molecule has 0 saturated carbocycles. The van der Waals surface area contributed by atoms with Crippen LogP contribution in [0.25, 0.3) is 0 Å². The Morgan fingerprint density at radius 3 is 1.83 bits per heavy atom. The molecule has 0 radical (unpaired) electrons. The number of carbonyl (C=O) groups is 1. The second-order valence-electron chi connectivity index (χ2n) is 7.81. The molecular formula is C20H40AlCdO2. The minimum absolute atomic E-state index is 0. The van der Waals surface area contributed by atoms with Crippen molar-refractivity contribution in [3.8, 4) is 0 Å². The monoisotopic (exact) mass is 453 g/mol. The van der Waals surface area contributed by atoms with Crippen molar-refractivity contribution >= 4 is 23.3 Å². The number of hydrogen-bond donors (Lipinski definition) is 0. The van der Waals surface area contributed by atoms with E-state index < -0.39 is 0 Å². The van der Waals surface area contributed by atoms with Crippen molar-refractivity contribution in [3.05, 3.63) is 11.6 Å². The van der Waals surface area contributed by atoms with E-state index in [0.717, 1.165) is 29.7 Å². The predicted molar refractivity (Wildman–Crippen MR) is 105 cm³/mol. The Hall–Kier alpha value is 0.665. The van der Waals surface area contributed by atoms with Crippen molar-refractivity contribution in [1.29, 1.82) is 0 Å². The van der Waals surface area contributed by atoms with Gasteiger partial charge in [-0.05, 0) is 5.92 Å². The smallest absolute Gasteiger partial charge is 0.0628 e. The van der Waals surface area contributed by atoms with Gasteiger partial charge in [-0.3, -0.25) is 0 Å². The summed E-state index contributed by atoms with van der Waals surface area (Å²) in [6, 6.07) is 0. The summed E-state index contributed by atoms with van der Waals surface area (Å²) in [5, 5.41) is 0. The molecule has 0 amide bonds. The quantitative estimate of drug-likeness (QED) is 0.284. The zero-order valence-electron chi connectivity index (χ0n) is 16.2. The van der Waals surface area contributed by atoms with Gasteiger partial charge in [0.15, 0.2) is 17.4 Å². The Morgan fingerprint density at radius 1 is 0.917 bits per heavy atom. The van der Waals surface area contributed by atoms with Crippen LogP contribution in [0.1, 0.15) is 92.4 Å². The summed E-state index contributed by atoms with van der Waals surface area (Å²) < 4.78 is 4.82. The number of hydrogen-bond acceptors (Lipinski definition) is 2. The van der Waals surface area contributed by atoms with Gasteiger partial charge in [-0.2, -0.15) is 0 Å². The van der Waals surface area contributed by atoms with Gasteiger partial charge in [-0.25, -0.2) is 0 Å². The first-order valence-electron chi connectivity index (χ1n) is 9.48. The van der Waals surface area contributed by atoms with Gasteiger partial charge < -0.3 is 0 Å². The van der Waals surface area contributed by atoms with Gasteiger partial charge in [-0.1, -0.05) is 40.0 Å². The number of allylic oxidation sites excluding steroid dienone is 1. The van der Waals surface area contributed by atoms with Gasteiger partial charge in [0.1, 0.15) is 0 Å². The molecule has 0 aliphatic heterocycles. The summed E-state index contributed by atoms with van der Waals surface area (Å²) in [4.78, 5) is 11.2. The summed E-state index contributed by atoms with van der Waals surface area (Å²) in [7, 11) is 0. The number of carbonyl (C=O) groups excluding carboxylic acids is 1. The van der Waals surface area contributed by atoms with E-state index >= 15 is 0 Å². The minimum Gasteiger partial charge on any atom is -0.0628 e. The predicted octanol–water partition coefficient (Wildman–Crippen LogP) is 5.19. The van der Waals surface area contributed by atoms with Crippen LogP contribution in [0.4, 0.5) is 0 Å². The van der Waals surface area contributed by atoms with Gasteiger partial charge in [0, 0.05) is 0 Å². The third-order valence-corrected chi connectivity index (χ3v) is 5.46. The van der Waals surface area contributed by atoms with E-state index in [9.17, 15) is 4.79 Å². The van der Waals surface area contributed by atoms with Crippen LogP contribution in [-0.4, -0.2) is 23.3 Å². The van der Waals surface area contributed by atoms with Crippen LogP contribution in [0.2, 0.25) is 0 Å². The Labute approximate surface area is 178 Å². The SMILES string of the molecule is C/C(=C\C(=O)[O][Cd])CCC[C@H](C)CCC[C@H](C)CCCC(C)C.[AlH3]. The maximum atomic E-state index is 11.2. The summed E-state index contributed by atoms with van der Waals surface area (Å²) >= 11 is 0.273. The second-order valence-corrected chi connectivity index (χ2v) is 8.64. The van der Waals surface area contributed by atoms with Gasteiger partial charge in [0.25, 0.3) is 0 Å². The van der Waals surface area contributed by atoms with E-state index in [1.54, 1.807) is 6.08 Å². The van der Waals surface area contributed by atoms with Crippen LogP contribution in [0, 0.1) is 17.8 Å². The van der Waals surface area contributed by atoms with Crippen LogP contribution in [0.15, 0.2) is 11.6 Å². The van der Waals surface area contributed by atoms with Crippen molar-refractivity contribution in [3.63, 3.8) is 0 Å². The van der Waals surface area contributed by atoms with Gasteiger partial charge >= 0.3 is 116 Å². The third-order valence-electron chi connectivity index (χ3n) is 4.65. The average Bonchev–Trinajstić information content (AvgIpc) is 2.46. The first-order valence-corrected chi connectivity index (χ1v) is 11.1. The molecule has 2 nitrogen and oxygen atoms in total. The molecule has 0 saturated heterocycles. The molecular weight excluding hydrogens is 412 g/mol. The van der Waals surface area contributed by atoms with E-state index in [4.69, 9.17) is 2.69 Å². The first kappa shape index (κ1) is 26.9. The van der Waals surface area contributed by atoms with E-state index in [2.05, 4.69) is 27.7 Å². The normalized spacial score (nSPS) is 14.2. The molecule has 0 aromatic carbocycles. The molecule has 0 rings (SSSR count). The van der Waals surface area contributed by atoms with Crippen molar-refractivity contribution in [1.82, 2.24) is 0 Å². The van der Waals surface area contributed by atoms with Gasteiger partial charge in [-0.15, -0.1) is 0 Å². The molecule has 137 valence electrons. The Morgan fingerprint density at radius 2 is 1.38 bits per heavy atom. The molecule has 2 atom stereocenters. The fourth-order valence-electron chi connectivity index (χ4n) is 3.02. The molecule has 0 N–H and O–H groups in total. The van der Waals surface area contributed by atoms with Crippen LogP contribution in [-0.2, 0) is 33.7 Å². The van der Waals surface area contributed by atoms with Crippen molar-refractivity contribution in [2.75, 3.05) is 0 Å². The second kappa shape index (κ2) is 17.1. The van der Waals surface area contributed by atoms with Crippen molar-refractivity contribution in [2.24, 2.45) is 17.8 Å². The molecule has 0 aliphatic carbocycles. The van der Waals surface area contributed by atoms with E-state index in [-0.39, 0.29) is 49.6 Å². The maximum absolute atomic E-state index is 11.2. The minimum atomic E-state index is -0.159. The van der Waals surface area contributed by atoms with Crippen LogP contribution >= 0.6 is 0 Å². The molecule has 0 heterocycles. The number of rotatable bonds is 13. The van der Waals surface area contributed by atoms with Crippen LogP contribution < -0.4 is 0 Å². The molecule has 4 heteroatoms.